The van der Waals surface area contributed by atoms with Gasteiger partial charge in [-0.15, -0.1) is 0 Å². The second-order valence-electron chi connectivity index (χ2n) is 7.42. The number of nitrogen functional groups attached to an aromatic ring is 1. The van der Waals surface area contributed by atoms with E-state index in [1.165, 1.54) is 0 Å². The molecule has 152 valence electrons. The van der Waals surface area contributed by atoms with Crippen LogP contribution in [-0.2, 0) is 0 Å². The molecule has 0 bridgehead atoms. The lowest BCUT2D eigenvalue weighted by atomic mass is 9.92. The third kappa shape index (κ3) is 3.67. The molecule has 3 aromatic rings. The third-order valence-electron chi connectivity index (χ3n) is 5.47. The highest BCUT2D eigenvalue weighted by Gasteiger charge is 2.25. The van der Waals surface area contributed by atoms with Gasteiger partial charge in [-0.25, -0.2) is 9.97 Å². The lowest BCUT2D eigenvalue weighted by Gasteiger charge is -2.28. The van der Waals surface area contributed by atoms with E-state index in [0.717, 1.165) is 11.1 Å². The van der Waals surface area contributed by atoms with Gasteiger partial charge in [-0.2, -0.15) is 4.98 Å². The Labute approximate surface area is 168 Å². The van der Waals surface area contributed by atoms with Crippen LogP contribution < -0.4 is 16.0 Å². The molecule has 0 aromatic carbocycles. The maximum Gasteiger partial charge on any atom is 0.260 e. The molecule has 0 saturated heterocycles. The summed E-state index contributed by atoms with van der Waals surface area (Å²) in [7, 11) is 0. The van der Waals surface area contributed by atoms with E-state index in [2.05, 4.69) is 15.0 Å². The van der Waals surface area contributed by atoms with Crippen LogP contribution in [0.1, 0.15) is 44.3 Å². The van der Waals surface area contributed by atoms with Crippen molar-refractivity contribution in [1.29, 1.82) is 0 Å². The molecular weight excluding hydrogens is 370 g/mol. The smallest absolute Gasteiger partial charge is 0.260 e. The molecule has 0 aliphatic heterocycles. The van der Waals surface area contributed by atoms with Gasteiger partial charge in [0, 0.05) is 34.8 Å². The Kier molecular flexibility index (Phi) is 5.19. The number of nitrogens with zero attached hydrogens (tertiary/aromatic N) is 4. The van der Waals surface area contributed by atoms with Crippen LogP contribution in [-0.4, -0.2) is 37.3 Å². The van der Waals surface area contributed by atoms with Crippen LogP contribution in [0.5, 0.6) is 5.88 Å². The predicted octanol–water partition coefficient (Wildman–Crippen LogP) is 2.62. The summed E-state index contributed by atoms with van der Waals surface area (Å²) in [5.41, 5.74) is 8.26. The van der Waals surface area contributed by atoms with Crippen molar-refractivity contribution >= 4 is 17.0 Å². The second kappa shape index (κ2) is 7.79. The molecule has 29 heavy (non-hydrogen) atoms. The molecule has 4 rings (SSSR count). The minimum Gasteiger partial charge on any atom is -0.478 e. The zero-order valence-corrected chi connectivity index (χ0v) is 16.6. The highest BCUT2D eigenvalue weighted by molar-refractivity contribution is 5.84. The number of rotatable bonds is 4. The topological polar surface area (TPSA) is 116 Å². The average molecular weight is 395 g/mol. The standard InChI is InChI=1S/C21H25N5O3/c1-3-29-18-9-4-13(11-23-18)17-10-16-12(2)24-21(22)25-19(16)26(20(17)28)14-5-7-15(27)8-6-14/h4,9-11,14-15,27H,3,5-8H2,1-2H3,(H2,22,24,25)/t14-,15-. The molecule has 0 unspecified atom stereocenters. The summed E-state index contributed by atoms with van der Waals surface area (Å²) in [5.74, 6) is 0.667. The Morgan fingerprint density at radius 1 is 1.24 bits per heavy atom. The van der Waals surface area contributed by atoms with Crippen molar-refractivity contribution in [2.24, 2.45) is 0 Å². The van der Waals surface area contributed by atoms with Crippen molar-refractivity contribution in [3.8, 4) is 17.0 Å². The van der Waals surface area contributed by atoms with Crippen LogP contribution in [0.25, 0.3) is 22.2 Å². The van der Waals surface area contributed by atoms with Crippen molar-refractivity contribution in [1.82, 2.24) is 19.5 Å². The highest BCUT2D eigenvalue weighted by Crippen LogP contribution is 2.32. The van der Waals surface area contributed by atoms with Crippen LogP contribution >= 0.6 is 0 Å². The van der Waals surface area contributed by atoms with Gasteiger partial charge in [0.05, 0.1) is 18.4 Å². The first-order valence-electron chi connectivity index (χ1n) is 9.94. The van der Waals surface area contributed by atoms with E-state index in [1.807, 2.05) is 26.0 Å². The number of hydrogen-bond donors (Lipinski definition) is 2. The first kappa shape index (κ1) is 19.3. The molecule has 0 atom stereocenters. The summed E-state index contributed by atoms with van der Waals surface area (Å²) in [6, 6.07) is 5.37. The van der Waals surface area contributed by atoms with Gasteiger partial charge in [-0.3, -0.25) is 9.36 Å². The zero-order valence-electron chi connectivity index (χ0n) is 16.6. The largest absolute Gasteiger partial charge is 0.478 e. The normalized spacial score (nSPS) is 19.4. The van der Waals surface area contributed by atoms with E-state index >= 15 is 0 Å². The van der Waals surface area contributed by atoms with Crippen molar-refractivity contribution in [3.63, 3.8) is 0 Å². The number of anilines is 1. The van der Waals surface area contributed by atoms with Crippen LogP contribution in [0.15, 0.2) is 29.2 Å². The number of fused-ring (bicyclic) bond motifs is 1. The fourth-order valence-corrected chi connectivity index (χ4v) is 4.01. The molecule has 1 aliphatic carbocycles. The van der Waals surface area contributed by atoms with Gasteiger partial charge < -0.3 is 15.6 Å². The summed E-state index contributed by atoms with van der Waals surface area (Å²) in [6.07, 6.45) is 4.08. The first-order valence-corrected chi connectivity index (χ1v) is 9.94. The molecule has 8 nitrogen and oxygen atoms in total. The Morgan fingerprint density at radius 3 is 2.66 bits per heavy atom. The lowest BCUT2D eigenvalue weighted by Crippen LogP contribution is -2.31. The molecule has 3 heterocycles. The summed E-state index contributed by atoms with van der Waals surface area (Å²) in [4.78, 5) is 26.5. The van der Waals surface area contributed by atoms with E-state index in [-0.39, 0.29) is 23.7 Å². The summed E-state index contributed by atoms with van der Waals surface area (Å²) < 4.78 is 7.14. The quantitative estimate of drug-likeness (QED) is 0.697. The Bertz CT molecular complexity index is 1090. The number of pyridine rings is 2. The first-order chi connectivity index (χ1) is 14.0. The molecule has 1 saturated carbocycles. The average Bonchev–Trinajstić information content (AvgIpc) is 2.70. The van der Waals surface area contributed by atoms with Gasteiger partial charge in [-0.1, -0.05) is 0 Å². The van der Waals surface area contributed by atoms with Gasteiger partial charge >= 0.3 is 0 Å². The number of ether oxygens (including phenoxy) is 1. The molecule has 1 fully saturated rings. The number of nitrogens with two attached hydrogens (primary N) is 1. The molecule has 0 spiro atoms. The Balaban J connectivity index is 1.92. The van der Waals surface area contributed by atoms with E-state index in [0.29, 0.717) is 54.9 Å². The molecule has 8 heteroatoms. The minimum atomic E-state index is -0.312. The molecular formula is C21H25N5O3. The van der Waals surface area contributed by atoms with Gasteiger partial charge in [0.25, 0.3) is 5.56 Å². The fourth-order valence-electron chi connectivity index (χ4n) is 4.01. The van der Waals surface area contributed by atoms with Gasteiger partial charge in [0.15, 0.2) is 0 Å². The monoisotopic (exact) mass is 395 g/mol. The minimum absolute atomic E-state index is 0.0438. The number of aliphatic hydroxyl groups excluding tert-OH is 1. The highest BCUT2D eigenvalue weighted by atomic mass is 16.5. The maximum atomic E-state index is 13.5. The SMILES string of the molecule is CCOc1ccc(-c2cc3c(C)nc(N)nc3n([C@H]3CC[C@H](O)CC3)c2=O)cn1. The van der Waals surface area contributed by atoms with Crippen molar-refractivity contribution in [2.45, 2.75) is 51.7 Å². The summed E-state index contributed by atoms with van der Waals surface area (Å²) in [6.45, 7) is 4.29. The fraction of sp³-hybridized carbons (Fsp3) is 0.429. The molecule has 1 aliphatic rings. The number of aromatic nitrogens is 4. The summed E-state index contributed by atoms with van der Waals surface area (Å²) >= 11 is 0. The van der Waals surface area contributed by atoms with Crippen molar-refractivity contribution in [3.05, 3.63) is 40.4 Å². The zero-order chi connectivity index (χ0) is 20.5. The number of aryl methyl sites for hydroxylation is 1. The van der Waals surface area contributed by atoms with Crippen LogP contribution in [0.4, 0.5) is 5.95 Å². The van der Waals surface area contributed by atoms with Crippen LogP contribution in [0, 0.1) is 6.92 Å². The third-order valence-corrected chi connectivity index (χ3v) is 5.47. The molecule has 0 radical (unpaired) electrons. The van der Waals surface area contributed by atoms with E-state index < -0.39 is 0 Å². The lowest BCUT2D eigenvalue weighted by molar-refractivity contribution is 0.111. The molecule has 0 amide bonds. The van der Waals surface area contributed by atoms with E-state index in [4.69, 9.17) is 10.5 Å². The van der Waals surface area contributed by atoms with Crippen molar-refractivity contribution in [2.75, 3.05) is 12.3 Å². The van der Waals surface area contributed by atoms with Gasteiger partial charge in [0.1, 0.15) is 5.65 Å². The number of hydrogen-bond acceptors (Lipinski definition) is 7. The van der Waals surface area contributed by atoms with E-state index in [9.17, 15) is 9.90 Å². The predicted molar refractivity (Wildman–Crippen MR) is 111 cm³/mol. The van der Waals surface area contributed by atoms with Gasteiger partial charge in [-0.05, 0) is 51.7 Å². The second-order valence-corrected chi connectivity index (χ2v) is 7.42. The number of aliphatic hydroxyl groups is 1. The maximum absolute atomic E-state index is 13.5. The Hall–Kier alpha value is -3.00. The van der Waals surface area contributed by atoms with Crippen LogP contribution in [0.3, 0.4) is 0 Å². The van der Waals surface area contributed by atoms with Gasteiger partial charge in [0.2, 0.25) is 11.8 Å². The Morgan fingerprint density at radius 2 is 2.00 bits per heavy atom. The van der Waals surface area contributed by atoms with Crippen molar-refractivity contribution < 1.29 is 9.84 Å². The van der Waals surface area contributed by atoms with Crippen LogP contribution in [0.2, 0.25) is 0 Å². The molecule has 3 N–H and O–H groups in total. The summed E-state index contributed by atoms with van der Waals surface area (Å²) in [5, 5.41) is 10.7. The van der Waals surface area contributed by atoms with E-state index in [1.54, 1.807) is 16.8 Å². The molecule has 3 aromatic heterocycles.